The summed E-state index contributed by atoms with van der Waals surface area (Å²) in [6, 6.07) is 0. The maximum absolute atomic E-state index is 5.60. The molecule has 62 valence electrons. The molecule has 1 atom stereocenters. The average molecular weight is 204 g/mol. The molecule has 0 radical (unpaired) electrons. The summed E-state index contributed by atoms with van der Waals surface area (Å²) >= 11 is 16.8. The standard InChI is InChI=1S/C7H13Cl3/c1-5(2)6(3)4-7(8,9)10/h5-6H,4H2,1-3H3. The van der Waals surface area contributed by atoms with Crippen molar-refractivity contribution in [1.29, 1.82) is 0 Å². The van der Waals surface area contributed by atoms with Crippen LogP contribution in [-0.4, -0.2) is 3.79 Å². The molecule has 0 heterocycles. The predicted molar refractivity (Wildman–Crippen MR) is 48.9 cm³/mol. The highest BCUT2D eigenvalue weighted by atomic mass is 35.6. The van der Waals surface area contributed by atoms with E-state index in [4.69, 9.17) is 34.8 Å². The Kier molecular flexibility index (Phi) is 4.39. The Morgan fingerprint density at radius 3 is 1.60 bits per heavy atom. The van der Waals surface area contributed by atoms with Crippen LogP contribution >= 0.6 is 34.8 Å². The Labute approximate surface area is 77.8 Å². The van der Waals surface area contributed by atoms with Crippen LogP contribution in [0.1, 0.15) is 27.2 Å². The minimum absolute atomic E-state index is 0.465. The molecule has 0 aromatic rings. The summed E-state index contributed by atoms with van der Waals surface area (Å²) in [5, 5.41) is 0. The van der Waals surface area contributed by atoms with E-state index in [2.05, 4.69) is 20.8 Å². The smallest absolute Gasteiger partial charge is 0.0837 e. The van der Waals surface area contributed by atoms with Crippen molar-refractivity contribution in [3.63, 3.8) is 0 Å². The van der Waals surface area contributed by atoms with Gasteiger partial charge >= 0.3 is 0 Å². The van der Waals surface area contributed by atoms with E-state index in [0.29, 0.717) is 18.3 Å². The van der Waals surface area contributed by atoms with Crippen LogP contribution in [-0.2, 0) is 0 Å². The molecule has 0 aromatic carbocycles. The highest BCUT2D eigenvalue weighted by Crippen LogP contribution is 2.35. The van der Waals surface area contributed by atoms with Crippen molar-refractivity contribution in [2.24, 2.45) is 11.8 Å². The number of halogens is 3. The second-order valence-corrected chi connectivity index (χ2v) is 5.56. The van der Waals surface area contributed by atoms with E-state index in [1.807, 2.05) is 0 Å². The minimum Gasteiger partial charge on any atom is -0.0837 e. The van der Waals surface area contributed by atoms with Gasteiger partial charge in [-0.1, -0.05) is 55.6 Å². The third kappa shape index (κ3) is 5.64. The van der Waals surface area contributed by atoms with Gasteiger partial charge in [-0.2, -0.15) is 0 Å². The summed E-state index contributed by atoms with van der Waals surface area (Å²) in [6.45, 7) is 6.34. The van der Waals surface area contributed by atoms with E-state index in [-0.39, 0.29) is 0 Å². The van der Waals surface area contributed by atoms with Gasteiger partial charge in [-0.3, -0.25) is 0 Å². The zero-order valence-electron chi connectivity index (χ0n) is 6.50. The molecular formula is C7H13Cl3. The molecule has 0 aromatic heterocycles. The lowest BCUT2D eigenvalue weighted by Gasteiger charge is -2.19. The van der Waals surface area contributed by atoms with Crippen molar-refractivity contribution in [1.82, 2.24) is 0 Å². The Bertz CT molecular complexity index is 93.5. The summed E-state index contributed by atoms with van der Waals surface area (Å²) in [7, 11) is 0. The number of hydrogen-bond acceptors (Lipinski definition) is 0. The third-order valence-electron chi connectivity index (χ3n) is 1.69. The quantitative estimate of drug-likeness (QED) is 0.594. The molecule has 10 heavy (non-hydrogen) atoms. The molecule has 0 fully saturated rings. The summed E-state index contributed by atoms with van der Waals surface area (Å²) in [6.07, 6.45) is 0.634. The lowest BCUT2D eigenvalue weighted by molar-refractivity contribution is 0.396. The van der Waals surface area contributed by atoms with E-state index in [0.717, 1.165) is 0 Å². The molecule has 0 spiro atoms. The molecule has 0 saturated carbocycles. The van der Waals surface area contributed by atoms with Gasteiger partial charge in [0.15, 0.2) is 3.79 Å². The summed E-state index contributed by atoms with van der Waals surface area (Å²) in [5.74, 6) is 1.04. The minimum atomic E-state index is -1.08. The van der Waals surface area contributed by atoms with Crippen LogP contribution in [0.15, 0.2) is 0 Å². The van der Waals surface area contributed by atoms with Crippen molar-refractivity contribution in [2.45, 2.75) is 31.0 Å². The zero-order chi connectivity index (χ0) is 8.36. The van der Waals surface area contributed by atoms with Crippen molar-refractivity contribution in [3.8, 4) is 0 Å². The zero-order valence-corrected chi connectivity index (χ0v) is 8.76. The van der Waals surface area contributed by atoms with Crippen LogP contribution in [0.4, 0.5) is 0 Å². The van der Waals surface area contributed by atoms with Crippen LogP contribution in [0.2, 0.25) is 0 Å². The Hall–Kier alpha value is 0.870. The largest absolute Gasteiger partial charge is 0.190 e. The molecule has 3 heteroatoms. The second kappa shape index (κ2) is 4.04. The lowest BCUT2D eigenvalue weighted by atomic mass is 9.96. The van der Waals surface area contributed by atoms with Crippen molar-refractivity contribution in [2.75, 3.05) is 0 Å². The predicted octanol–water partition coefficient (Wildman–Crippen LogP) is 4.04. The molecule has 0 bridgehead atoms. The Morgan fingerprint density at radius 1 is 1.10 bits per heavy atom. The Balaban J connectivity index is 3.68. The first-order chi connectivity index (χ1) is 4.33. The molecule has 0 amide bonds. The number of hydrogen-bond donors (Lipinski definition) is 0. The fraction of sp³-hybridized carbons (Fsp3) is 1.00. The van der Waals surface area contributed by atoms with Gasteiger partial charge in [0.05, 0.1) is 0 Å². The lowest BCUT2D eigenvalue weighted by Crippen LogP contribution is -2.13. The van der Waals surface area contributed by atoms with Gasteiger partial charge in [0.25, 0.3) is 0 Å². The van der Waals surface area contributed by atoms with E-state index < -0.39 is 3.79 Å². The van der Waals surface area contributed by atoms with Crippen molar-refractivity contribution < 1.29 is 0 Å². The summed E-state index contributed by atoms with van der Waals surface area (Å²) in [4.78, 5) is 0. The molecule has 0 aliphatic heterocycles. The van der Waals surface area contributed by atoms with Gasteiger partial charge in [0.1, 0.15) is 0 Å². The molecule has 0 saturated heterocycles. The monoisotopic (exact) mass is 202 g/mol. The van der Waals surface area contributed by atoms with Crippen LogP contribution in [0.3, 0.4) is 0 Å². The average Bonchev–Trinajstić information content (AvgIpc) is 1.60. The van der Waals surface area contributed by atoms with Crippen LogP contribution < -0.4 is 0 Å². The molecule has 0 N–H and O–H groups in total. The maximum Gasteiger partial charge on any atom is 0.190 e. The second-order valence-electron chi connectivity index (χ2n) is 3.04. The van der Waals surface area contributed by atoms with E-state index >= 15 is 0 Å². The molecule has 0 aliphatic rings. The SMILES string of the molecule is CC(C)C(C)CC(Cl)(Cl)Cl. The van der Waals surface area contributed by atoms with Gasteiger partial charge in [0.2, 0.25) is 0 Å². The normalized spacial score (nSPS) is 15.9. The number of alkyl halides is 3. The van der Waals surface area contributed by atoms with Gasteiger partial charge in [-0.15, -0.1) is 0 Å². The fourth-order valence-corrected chi connectivity index (χ4v) is 1.33. The summed E-state index contributed by atoms with van der Waals surface area (Å²) < 4.78 is -1.08. The van der Waals surface area contributed by atoms with E-state index in [1.165, 1.54) is 0 Å². The van der Waals surface area contributed by atoms with Gasteiger partial charge in [0, 0.05) is 0 Å². The fourth-order valence-electron chi connectivity index (χ4n) is 0.601. The third-order valence-corrected chi connectivity index (χ3v) is 2.15. The van der Waals surface area contributed by atoms with Crippen molar-refractivity contribution >= 4 is 34.8 Å². The topological polar surface area (TPSA) is 0 Å². The highest BCUT2D eigenvalue weighted by molar-refractivity contribution is 6.67. The molecular weight excluding hydrogens is 190 g/mol. The first kappa shape index (κ1) is 10.9. The van der Waals surface area contributed by atoms with Crippen LogP contribution in [0.25, 0.3) is 0 Å². The molecule has 0 nitrogen and oxygen atoms in total. The van der Waals surface area contributed by atoms with Crippen molar-refractivity contribution in [3.05, 3.63) is 0 Å². The first-order valence-electron chi connectivity index (χ1n) is 3.39. The van der Waals surface area contributed by atoms with Gasteiger partial charge in [-0.05, 0) is 18.3 Å². The Morgan fingerprint density at radius 2 is 1.50 bits per heavy atom. The van der Waals surface area contributed by atoms with Gasteiger partial charge in [-0.25, -0.2) is 0 Å². The van der Waals surface area contributed by atoms with E-state index in [1.54, 1.807) is 0 Å². The maximum atomic E-state index is 5.60. The van der Waals surface area contributed by atoms with E-state index in [9.17, 15) is 0 Å². The first-order valence-corrected chi connectivity index (χ1v) is 4.53. The summed E-state index contributed by atoms with van der Waals surface area (Å²) in [5.41, 5.74) is 0. The number of rotatable bonds is 2. The molecule has 0 aliphatic carbocycles. The van der Waals surface area contributed by atoms with Gasteiger partial charge < -0.3 is 0 Å². The van der Waals surface area contributed by atoms with Crippen LogP contribution in [0.5, 0.6) is 0 Å². The van der Waals surface area contributed by atoms with Crippen LogP contribution in [0, 0.1) is 11.8 Å². The highest BCUT2D eigenvalue weighted by Gasteiger charge is 2.24. The molecule has 0 rings (SSSR count). The molecule has 1 unspecified atom stereocenters.